The Morgan fingerprint density at radius 2 is 1.48 bits per heavy atom. The van der Waals surface area contributed by atoms with E-state index in [0.717, 1.165) is 0 Å². The number of anilines is 1. The fourth-order valence-electron chi connectivity index (χ4n) is 2.65. The Balaban J connectivity index is 2.06. The third-order valence-electron chi connectivity index (χ3n) is 3.90. The molecule has 1 heterocycles. The van der Waals surface area contributed by atoms with Gasteiger partial charge in [0.2, 0.25) is 5.82 Å². The Hall–Kier alpha value is -2.81. The van der Waals surface area contributed by atoms with Crippen LogP contribution in [0, 0.1) is 29.1 Å². The second-order valence-electron chi connectivity index (χ2n) is 5.40. The molecule has 2 N–H and O–H groups in total. The molecule has 0 spiro atoms. The molecule has 1 aliphatic rings. The Labute approximate surface area is 136 Å². The number of ketones is 1. The largest absolute Gasteiger partial charge is 0.375 e. The standard InChI is InChI=1S/C16H8F5NO3/c17-10-9(11(18)13(20)14(21)12(10)19)8(23)5-16(25)6-3-1-2-4-7(6)22-15(16)24/h1-4,25H,5H2,(H,22,24)/t16-/m1/s1. The van der Waals surface area contributed by atoms with Gasteiger partial charge in [0.1, 0.15) is 0 Å². The van der Waals surface area contributed by atoms with E-state index in [-0.39, 0.29) is 11.3 Å². The van der Waals surface area contributed by atoms with Crippen molar-refractivity contribution in [3.05, 3.63) is 64.5 Å². The van der Waals surface area contributed by atoms with Crippen LogP contribution in [0.5, 0.6) is 0 Å². The molecule has 1 aliphatic heterocycles. The monoisotopic (exact) mass is 357 g/mol. The number of carbonyl (C=O) groups is 2. The molecule has 0 unspecified atom stereocenters. The van der Waals surface area contributed by atoms with Gasteiger partial charge < -0.3 is 10.4 Å². The number of rotatable bonds is 3. The Morgan fingerprint density at radius 3 is 2.08 bits per heavy atom. The number of amides is 1. The summed E-state index contributed by atoms with van der Waals surface area (Å²) in [6, 6.07) is 5.66. The zero-order valence-corrected chi connectivity index (χ0v) is 12.2. The highest BCUT2D eigenvalue weighted by Gasteiger charge is 2.47. The van der Waals surface area contributed by atoms with Crippen molar-refractivity contribution in [1.29, 1.82) is 0 Å². The van der Waals surface area contributed by atoms with Crippen molar-refractivity contribution in [2.45, 2.75) is 12.0 Å². The fraction of sp³-hybridized carbons (Fsp3) is 0.125. The number of hydrogen-bond acceptors (Lipinski definition) is 3. The minimum absolute atomic E-state index is 0.0442. The summed E-state index contributed by atoms with van der Waals surface area (Å²) in [4.78, 5) is 24.1. The lowest BCUT2D eigenvalue weighted by atomic mass is 9.88. The molecule has 0 saturated carbocycles. The maximum Gasteiger partial charge on any atom is 0.261 e. The van der Waals surface area contributed by atoms with E-state index < -0.39 is 58.4 Å². The van der Waals surface area contributed by atoms with Crippen molar-refractivity contribution >= 4 is 17.4 Å². The lowest BCUT2D eigenvalue weighted by Crippen LogP contribution is -2.37. The summed E-state index contributed by atoms with van der Waals surface area (Å²) in [7, 11) is 0. The molecule has 0 fully saturated rings. The molecule has 0 saturated heterocycles. The lowest BCUT2D eigenvalue weighted by Gasteiger charge is -2.20. The predicted molar refractivity (Wildman–Crippen MR) is 74.1 cm³/mol. The van der Waals surface area contributed by atoms with Gasteiger partial charge in [-0.1, -0.05) is 18.2 Å². The van der Waals surface area contributed by atoms with Crippen LogP contribution in [-0.4, -0.2) is 16.8 Å². The van der Waals surface area contributed by atoms with Crippen molar-refractivity contribution < 1.29 is 36.6 Å². The van der Waals surface area contributed by atoms with Crippen molar-refractivity contribution in [3.63, 3.8) is 0 Å². The molecule has 0 bridgehead atoms. The molecular weight excluding hydrogens is 349 g/mol. The summed E-state index contributed by atoms with van der Waals surface area (Å²) in [6.07, 6.45) is -1.20. The van der Waals surface area contributed by atoms with E-state index in [2.05, 4.69) is 5.32 Å². The van der Waals surface area contributed by atoms with Gasteiger partial charge in [0.25, 0.3) is 5.91 Å². The first kappa shape index (κ1) is 17.0. The summed E-state index contributed by atoms with van der Waals surface area (Å²) in [5, 5.41) is 12.7. The average Bonchev–Trinajstić information content (AvgIpc) is 2.82. The van der Waals surface area contributed by atoms with E-state index in [0.29, 0.717) is 0 Å². The van der Waals surface area contributed by atoms with Crippen molar-refractivity contribution in [2.75, 3.05) is 5.32 Å². The zero-order chi connectivity index (χ0) is 18.5. The van der Waals surface area contributed by atoms with Crippen LogP contribution in [0.25, 0.3) is 0 Å². The minimum atomic E-state index is -2.49. The Kier molecular flexibility index (Phi) is 3.83. The first-order valence-corrected chi connectivity index (χ1v) is 6.86. The minimum Gasteiger partial charge on any atom is -0.375 e. The number of aliphatic hydroxyl groups is 1. The molecule has 1 amide bonds. The van der Waals surface area contributed by atoms with Gasteiger partial charge in [0.15, 0.2) is 34.7 Å². The van der Waals surface area contributed by atoms with Crippen LogP contribution in [0.3, 0.4) is 0 Å². The van der Waals surface area contributed by atoms with Crippen LogP contribution in [0.2, 0.25) is 0 Å². The molecule has 1 atom stereocenters. The molecule has 9 heteroatoms. The molecule has 2 aromatic carbocycles. The summed E-state index contributed by atoms with van der Waals surface area (Å²) < 4.78 is 67.0. The fourth-order valence-corrected chi connectivity index (χ4v) is 2.65. The smallest absolute Gasteiger partial charge is 0.261 e. The van der Waals surface area contributed by atoms with Gasteiger partial charge in [-0.05, 0) is 6.07 Å². The number of fused-ring (bicyclic) bond motifs is 1. The molecule has 4 nitrogen and oxygen atoms in total. The second kappa shape index (κ2) is 5.62. The SMILES string of the molecule is O=C(C[C@]1(O)C(=O)Nc2ccccc21)c1c(F)c(F)c(F)c(F)c1F. The van der Waals surface area contributed by atoms with Crippen LogP contribution in [0.15, 0.2) is 24.3 Å². The first-order chi connectivity index (χ1) is 11.7. The van der Waals surface area contributed by atoms with Gasteiger partial charge in [0, 0.05) is 11.3 Å². The summed E-state index contributed by atoms with van der Waals surface area (Å²) in [6.45, 7) is 0. The Morgan fingerprint density at radius 1 is 0.960 bits per heavy atom. The third kappa shape index (κ3) is 2.39. The van der Waals surface area contributed by atoms with Gasteiger partial charge in [-0.2, -0.15) is 0 Å². The summed E-state index contributed by atoms with van der Waals surface area (Å²) in [5.74, 6) is -14.3. The van der Waals surface area contributed by atoms with Crippen molar-refractivity contribution in [1.82, 2.24) is 0 Å². The number of hydrogen-bond donors (Lipinski definition) is 2. The van der Waals surface area contributed by atoms with Gasteiger partial charge in [0.05, 0.1) is 12.0 Å². The topological polar surface area (TPSA) is 66.4 Å². The maximum absolute atomic E-state index is 13.7. The lowest BCUT2D eigenvalue weighted by molar-refractivity contribution is -0.133. The van der Waals surface area contributed by atoms with Gasteiger partial charge in [-0.25, -0.2) is 22.0 Å². The van der Waals surface area contributed by atoms with Gasteiger partial charge in [-0.3, -0.25) is 9.59 Å². The molecule has 2 aromatic rings. The highest BCUT2D eigenvalue weighted by Crippen LogP contribution is 2.39. The van der Waals surface area contributed by atoms with Crippen molar-refractivity contribution in [3.8, 4) is 0 Å². The van der Waals surface area contributed by atoms with Crippen LogP contribution in [0.1, 0.15) is 22.3 Å². The number of para-hydroxylation sites is 1. The third-order valence-corrected chi connectivity index (χ3v) is 3.90. The average molecular weight is 357 g/mol. The van der Waals surface area contributed by atoms with Crippen LogP contribution in [-0.2, 0) is 10.4 Å². The van der Waals surface area contributed by atoms with E-state index in [9.17, 15) is 36.6 Å². The zero-order valence-electron chi connectivity index (χ0n) is 12.2. The molecule has 0 aromatic heterocycles. The molecule has 25 heavy (non-hydrogen) atoms. The molecular formula is C16H8F5NO3. The van der Waals surface area contributed by atoms with Crippen LogP contribution < -0.4 is 5.32 Å². The predicted octanol–water partition coefficient (Wildman–Crippen LogP) is 2.79. The molecule has 0 radical (unpaired) electrons. The number of Topliss-reactive ketones (excluding diaryl/α,β-unsaturated/α-hetero) is 1. The Bertz CT molecular complexity index is 901. The number of halogens is 5. The maximum atomic E-state index is 13.7. The quantitative estimate of drug-likeness (QED) is 0.384. The highest BCUT2D eigenvalue weighted by atomic mass is 19.2. The van der Waals surface area contributed by atoms with E-state index in [1.807, 2.05) is 0 Å². The van der Waals surface area contributed by atoms with Crippen molar-refractivity contribution in [2.24, 2.45) is 0 Å². The number of benzene rings is 2. The number of carbonyl (C=O) groups excluding carboxylic acids is 2. The summed E-state index contributed by atoms with van der Waals surface area (Å²) >= 11 is 0. The molecule has 130 valence electrons. The van der Waals surface area contributed by atoms with Crippen LogP contribution >= 0.6 is 0 Å². The second-order valence-corrected chi connectivity index (χ2v) is 5.40. The van der Waals surface area contributed by atoms with Gasteiger partial charge in [-0.15, -0.1) is 0 Å². The number of nitrogens with one attached hydrogen (secondary N) is 1. The molecule has 0 aliphatic carbocycles. The van der Waals surface area contributed by atoms with Gasteiger partial charge >= 0.3 is 0 Å². The van der Waals surface area contributed by atoms with Crippen LogP contribution in [0.4, 0.5) is 27.6 Å². The van der Waals surface area contributed by atoms with E-state index in [1.165, 1.54) is 24.3 Å². The van der Waals surface area contributed by atoms with E-state index >= 15 is 0 Å². The molecule has 3 rings (SSSR count). The van der Waals surface area contributed by atoms with E-state index in [4.69, 9.17) is 0 Å². The van der Waals surface area contributed by atoms with E-state index in [1.54, 1.807) is 0 Å². The summed E-state index contributed by atoms with van der Waals surface area (Å²) in [5.41, 5.74) is -4.08. The first-order valence-electron chi connectivity index (χ1n) is 6.86. The highest BCUT2D eigenvalue weighted by molar-refractivity contribution is 6.09. The normalized spacial score (nSPS) is 18.9.